The molecule has 0 unspecified atom stereocenters. The monoisotopic (exact) mass is 189 g/mol. The molecule has 0 atom stereocenters. The number of aryl methyl sites for hydroxylation is 2. The van der Waals surface area contributed by atoms with Crippen molar-refractivity contribution >= 4 is 17.3 Å². The second-order valence-electron chi connectivity index (χ2n) is 3.16. The van der Waals surface area contributed by atoms with Crippen LogP contribution in [0.1, 0.15) is 28.8 Å². The van der Waals surface area contributed by atoms with Gasteiger partial charge < -0.3 is 4.98 Å². The lowest BCUT2D eigenvalue weighted by Gasteiger charge is -2.00. The van der Waals surface area contributed by atoms with Crippen molar-refractivity contribution in [2.45, 2.75) is 20.3 Å². The summed E-state index contributed by atoms with van der Waals surface area (Å²) in [7, 11) is 0. The van der Waals surface area contributed by atoms with Gasteiger partial charge in [0.2, 0.25) is 0 Å². The van der Waals surface area contributed by atoms with E-state index < -0.39 is 0 Å². The van der Waals surface area contributed by atoms with Gasteiger partial charge in [-0.15, -0.1) is 0 Å². The Balaban J connectivity index is 2.85. The van der Waals surface area contributed by atoms with Crippen molar-refractivity contribution in [2.75, 3.05) is 0 Å². The summed E-state index contributed by atoms with van der Waals surface area (Å²) < 4.78 is 0. The van der Waals surface area contributed by atoms with Crippen LogP contribution in [-0.4, -0.2) is 21.2 Å². The van der Waals surface area contributed by atoms with Crippen molar-refractivity contribution in [2.24, 2.45) is 0 Å². The molecule has 2 heterocycles. The molecule has 14 heavy (non-hydrogen) atoms. The quantitative estimate of drug-likeness (QED) is 0.730. The van der Waals surface area contributed by atoms with Gasteiger partial charge >= 0.3 is 0 Å². The summed E-state index contributed by atoms with van der Waals surface area (Å²) in [6.07, 6.45) is 3.31. The number of nitrogens with one attached hydrogen (secondary N) is 1. The number of rotatable bonds is 2. The molecule has 72 valence electrons. The molecule has 0 aliphatic rings. The summed E-state index contributed by atoms with van der Waals surface area (Å²) >= 11 is 0. The number of aromatic nitrogens is 3. The number of hydrogen-bond donors (Lipinski definition) is 1. The van der Waals surface area contributed by atoms with Crippen LogP contribution < -0.4 is 0 Å². The molecule has 2 aromatic rings. The fourth-order valence-corrected chi connectivity index (χ4v) is 1.61. The van der Waals surface area contributed by atoms with E-state index in [2.05, 4.69) is 15.0 Å². The third-order valence-corrected chi connectivity index (χ3v) is 2.21. The molecule has 0 saturated carbocycles. The maximum absolute atomic E-state index is 10.8. The van der Waals surface area contributed by atoms with Crippen molar-refractivity contribution in [3.63, 3.8) is 0 Å². The largest absolute Gasteiger partial charge is 0.345 e. The molecule has 0 bridgehead atoms. The summed E-state index contributed by atoms with van der Waals surface area (Å²) in [5, 5.41) is 0.855. The van der Waals surface area contributed by atoms with E-state index in [1.54, 1.807) is 6.20 Å². The van der Waals surface area contributed by atoms with Gasteiger partial charge in [-0.3, -0.25) is 4.79 Å². The Morgan fingerprint density at radius 2 is 2.29 bits per heavy atom. The minimum absolute atomic E-state index is 0.636. The lowest BCUT2D eigenvalue weighted by molar-refractivity contribution is 0.112. The molecule has 0 amide bonds. The zero-order chi connectivity index (χ0) is 10.1. The minimum Gasteiger partial charge on any atom is -0.345 e. The maximum atomic E-state index is 10.8. The van der Waals surface area contributed by atoms with Crippen molar-refractivity contribution < 1.29 is 4.79 Å². The zero-order valence-electron chi connectivity index (χ0n) is 8.16. The third-order valence-electron chi connectivity index (χ3n) is 2.21. The van der Waals surface area contributed by atoms with E-state index in [1.165, 1.54) is 0 Å². The standard InChI is InChI=1S/C10H11N3O/c1-3-8-9-7(5-14)4-11-10(9)13-6(2)12-8/h4-5H,3H2,1-2H3,(H,11,12,13). The molecule has 2 aromatic heterocycles. The van der Waals surface area contributed by atoms with Gasteiger partial charge in [0.05, 0.1) is 11.1 Å². The first-order chi connectivity index (χ1) is 6.76. The Bertz CT molecular complexity index is 487. The topological polar surface area (TPSA) is 58.6 Å². The smallest absolute Gasteiger partial charge is 0.152 e. The number of fused-ring (bicyclic) bond motifs is 1. The average molecular weight is 189 g/mol. The van der Waals surface area contributed by atoms with Gasteiger partial charge in [0.15, 0.2) is 6.29 Å². The van der Waals surface area contributed by atoms with Gasteiger partial charge in [-0.1, -0.05) is 6.92 Å². The lowest BCUT2D eigenvalue weighted by Crippen LogP contribution is -1.96. The molecule has 4 heteroatoms. The number of H-pyrrole nitrogens is 1. The number of carbonyl (C=O) groups excluding carboxylic acids is 1. The average Bonchev–Trinajstić information content (AvgIpc) is 2.59. The predicted molar refractivity (Wildman–Crippen MR) is 53.4 cm³/mol. The number of aromatic amines is 1. The maximum Gasteiger partial charge on any atom is 0.152 e. The van der Waals surface area contributed by atoms with Crippen LogP contribution in [0.5, 0.6) is 0 Å². The second-order valence-corrected chi connectivity index (χ2v) is 3.16. The second kappa shape index (κ2) is 3.21. The summed E-state index contributed by atoms with van der Waals surface area (Å²) in [6, 6.07) is 0. The van der Waals surface area contributed by atoms with E-state index in [-0.39, 0.29) is 0 Å². The fraction of sp³-hybridized carbons (Fsp3) is 0.300. The van der Waals surface area contributed by atoms with Gasteiger partial charge in [-0.25, -0.2) is 9.97 Å². The summed E-state index contributed by atoms with van der Waals surface area (Å²) in [4.78, 5) is 22.3. The van der Waals surface area contributed by atoms with Gasteiger partial charge in [0.1, 0.15) is 11.5 Å². The van der Waals surface area contributed by atoms with Crippen LogP contribution in [0.25, 0.3) is 11.0 Å². The van der Waals surface area contributed by atoms with E-state index in [9.17, 15) is 4.79 Å². The highest BCUT2D eigenvalue weighted by molar-refractivity contribution is 5.96. The number of carbonyl (C=O) groups is 1. The van der Waals surface area contributed by atoms with Gasteiger partial charge in [0.25, 0.3) is 0 Å². The molecule has 1 N–H and O–H groups in total. The van der Waals surface area contributed by atoms with Gasteiger partial charge in [-0.2, -0.15) is 0 Å². The van der Waals surface area contributed by atoms with E-state index in [1.807, 2.05) is 13.8 Å². The molecule has 0 radical (unpaired) electrons. The van der Waals surface area contributed by atoms with Crippen LogP contribution in [0, 0.1) is 6.92 Å². The van der Waals surface area contributed by atoms with Crippen molar-refractivity contribution in [1.82, 2.24) is 15.0 Å². The highest BCUT2D eigenvalue weighted by Crippen LogP contribution is 2.18. The van der Waals surface area contributed by atoms with E-state index in [0.29, 0.717) is 5.56 Å². The molecule has 0 saturated heterocycles. The molecule has 2 rings (SSSR count). The Morgan fingerprint density at radius 1 is 1.50 bits per heavy atom. The Kier molecular flexibility index (Phi) is 2.04. The fourth-order valence-electron chi connectivity index (χ4n) is 1.61. The van der Waals surface area contributed by atoms with E-state index >= 15 is 0 Å². The molecule has 0 aromatic carbocycles. The SMILES string of the molecule is CCc1nc(C)nc2[nH]cc(C=O)c12. The summed E-state index contributed by atoms with van der Waals surface area (Å²) in [5.74, 6) is 0.730. The van der Waals surface area contributed by atoms with Crippen molar-refractivity contribution in [1.29, 1.82) is 0 Å². The third kappa shape index (κ3) is 1.19. The number of hydrogen-bond acceptors (Lipinski definition) is 3. The Hall–Kier alpha value is -1.71. The first-order valence-corrected chi connectivity index (χ1v) is 4.56. The summed E-state index contributed by atoms with van der Waals surface area (Å²) in [5.41, 5.74) is 2.31. The molecular weight excluding hydrogens is 178 g/mol. The molecule has 0 spiro atoms. The highest BCUT2D eigenvalue weighted by Gasteiger charge is 2.09. The molecule has 0 aliphatic carbocycles. The number of nitrogens with zero attached hydrogens (tertiary/aromatic N) is 2. The summed E-state index contributed by atoms with van der Waals surface area (Å²) in [6.45, 7) is 3.86. The first-order valence-electron chi connectivity index (χ1n) is 4.56. The highest BCUT2D eigenvalue weighted by atomic mass is 16.1. The molecule has 0 aliphatic heterocycles. The van der Waals surface area contributed by atoms with Crippen molar-refractivity contribution in [3.05, 3.63) is 23.3 Å². The van der Waals surface area contributed by atoms with Crippen LogP contribution in [0.2, 0.25) is 0 Å². The van der Waals surface area contributed by atoms with Gasteiger partial charge in [0, 0.05) is 11.8 Å². The minimum atomic E-state index is 0.636. The number of aldehydes is 1. The predicted octanol–water partition coefficient (Wildman–Crippen LogP) is 1.64. The van der Waals surface area contributed by atoms with E-state index in [0.717, 1.165) is 35.3 Å². The van der Waals surface area contributed by atoms with Crippen LogP contribution in [-0.2, 0) is 6.42 Å². The lowest BCUT2D eigenvalue weighted by atomic mass is 10.1. The first kappa shape index (κ1) is 8.87. The van der Waals surface area contributed by atoms with Crippen LogP contribution in [0.15, 0.2) is 6.20 Å². The molecule has 4 nitrogen and oxygen atoms in total. The van der Waals surface area contributed by atoms with E-state index in [4.69, 9.17) is 0 Å². The van der Waals surface area contributed by atoms with Crippen LogP contribution >= 0.6 is 0 Å². The zero-order valence-corrected chi connectivity index (χ0v) is 8.16. The van der Waals surface area contributed by atoms with Crippen LogP contribution in [0.4, 0.5) is 0 Å². The molecule has 0 fully saturated rings. The van der Waals surface area contributed by atoms with Gasteiger partial charge in [-0.05, 0) is 13.3 Å². The molecular formula is C10H11N3O. The Labute approximate surface area is 81.4 Å². The normalized spacial score (nSPS) is 10.7. The Morgan fingerprint density at radius 3 is 2.93 bits per heavy atom. The van der Waals surface area contributed by atoms with Crippen molar-refractivity contribution in [3.8, 4) is 0 Å². The van der Waals surface area contributed by atoms with Crippen LogP contribution in [0.3, 0.4) is 0 Å².